The van der Waals surface area contributed by atoms with Crippen molar-refractivity contribution in [3.63, 3.8) is 0 Å². The highest BCUT2D eigenvalue weighted by molar-refractivity contribution is 5.95. The van der Waals surface area contributed by atoms with Crippen molar-refractivity contribution >= 4 is 17.9 Å². The van der Waals surface area contributed by atoms with Gasteiger partial charge in [-0.25, -0.2) is 9.59 Å². The first-order valence-electron chi connectivity index (χ1n) is 15.7. The predicted octanol–water partition coefficient (Wildman–Crippen LogP) is 0.684. The fourth-order valence-electron chi connectivity index (χ4n) is 5.21. The highest BCUT2D eigenvalue weighted by atomic mass is 16.7. The molecule has 3 aromatic carbocycles. The van der Waals surface area contributed by atoms with Crippen LogP contribution in [0.15, 0.2) is 53.5 Å². The number of phenols is 2. The number of aliphatic hydroxyl groups is 3. The Labute approximate surface area is 292 Å². The van der Waals surface area contributed by atoms with Crippen LogP contribution in [-0.4, -0.2) is 113 Å². The highest BCUT2D eigenvalue weighted by Gasteiger charge is 2.46. The van der Waals surface area contributed by atoms with E-state index < -0.39 is 72.1 Å². The van der Waals surface area contributed by atoms with Crippen LogP contribution in [0.25, 0.3) is 0 Å². The molecule has 51 heavy (non-hydrogen) atoms. The molecule has 0 spiro atoms. The van der Waals surface area contributed by atoms with Gasteiger partial charge in [-0.3, -0.25) is 4.99 Å². The zero-order chi connectivity index (χ0) is 37.2. The molecule has 1 fully saturated rings. The van der Waals surface area contributed by atoms with Gasteiger partial charge >= 0.3 is 11.9 Å². The lowest BCUT2D eigenvalue weighted by Crippen LogP contribution is -2.60. The van der Waals surface area contributed by atoms with Crippen LogP contribution in [0, 0.1) is 0 Å². The summed E-state index contributed by atoms with van der Waals surface area (Å²) in [5.74, 6) is -4.50. The normalized spacial score (nSPS) is 19.8. The molecule has 3 aromatic rings. The van der Waals surface area contributed by atoms with Gasteiger partial charge in [-0.05, 0) is 36.1 Å². The summed E-state index contributed by atoms with van der Waals surface area (Å²) in [5, 5.41) is 63.2. The molecule has 1 saturated heterocycles. The lowest BCUT2D eigenvalue weighted by atomic mass is 9.99. The highest BCUT2D eigenvalue weighted by Crippen LogP contribution is 2.46. The van der Waals surface area contributed by atoms with E-state index in [-0.39, 0.29) is 48.3 Å². The summed E-state index contributed by atoms with van der Waals surface area (Å²) in [6.45, 7) is -0.485. The molecule has 17 heteroatoms. The number of phenolic OH excluding ortho intramolecular Hbond substituents is 2. The molecule has 0 bridgehead atoms. The Kier molecular flexibility index (Phi) is 13.1. The van der Waals surface area contributed by atoms with Crippen molar-refractivity contribution < 1.29 is 68.6 Å². The number of aliphatic imine (C=N–C) groups is 1. The summed E-state index contributed by atoms with van der Waals surface area (Å²) in [7, 11) is 2.50. The number of carboxylic acid groups (broad SMARTS) is 1. The molecule has 276 valence electrons. The zero-order valence-electron chi connectivity index (χ0n) is 27.8. The third kappa shape index (κ3) is 9.40. The summed E-state index contributed by atoms with van der Waals surface area (Å²) in [4.78, 5) is 28.9. The number of guanidine groups is 1. The monoisotopic (exact) mass is 715 g/mol. The number of ether oxygens (including phenoxy) is 6. The second-order valence-corrected chi connectivity index (χ2v) is 11.3. The Hall–Kier alpha value is -5.49. The number of hydrogen-bond acceptors (Lipinski definition) is 14. The molecule has 17 nitrogen and oxygen atoms in total. The molecule has 4 rings (SSSR count). The maximum Gasteiger partial charge on any atom is 0.342 e. The van der Waals surface area contributed by atoms with Crippen LogP contribution in [0.3, 0.4) is 0 Å². The van der Waals surface area contributed by atoms with E-state index in [2.05, 4.69) is 4.99 Å². The van der Waals surface area contributed by atoms with Crippen molar-refractivity contribution in [2.75, 3.05) is 34.0 Å². The molecule has 1 aliphatic heterocycles. The fraction of sp³-hybridized carbons (Fsp3) is 0.382. The number of rotatable bonds is 16. The zero-order valence-corrected chi connectivity index (χ0v) is 27.8. The number of carbonyl (C=O) groups is 2. The quantitative estimate of drug-likeness (QED) is 0.0438. The number of aryl methyl sites for hydroxylation is 1. The molecule has 0 aromatic heterocycles. The Morgan fingerprint density at radius 2 is 1.59 bits per heavy atom. The van der Waals surface area contributed by atoms with Crippen LogP contribution >= 0.6 is 0 Å². The Bertz CT molecular complexity index is 1700. The third-order valence-corrected chi connectivity index (χ3v) is 7.89. The van der Waals surface area contributed by atoms with Gasteiger partial charge in [-0.1, -0.05) is 30.3 Å². The van der Waals surface area contributed by atoms with Crippen LogP contribution in [0.1, 0.15) is 38.3 Å². The lowest BCUT2D eigenvalue weighted by Gasteiger charge is -2.40. The fourth-order valence-corrected chi connectivity index (χ4v) is 5.21. The Balaban J connectivity index is 1.52. The first-order chi connectivity index (χ1) is 24.4. The number of benzene rings is 3. The number of hydrogen-bond donors (Lipinski definition) is 8. The topological polar surface area (TPSA) is 275 Å². The van der Waals surface area contributed by atoms with E-state index in [9.17, 15) is 40.2 Å². The van der Waals surface area contributed by atoms with Gasteiger partial charge in [0.2, 0.25) is 17.8 Å². The number of aromatic hydroxyl groups is 2. The van der Waals surface area contributed by atoms with E-state index in [1.54, 1.807) is 0 Å². The average Bonchev–Trinajstić information content (AvgIpc) is 3.11. The number of nitrogens with zero attached hydrogens (tertiary/aromatic N) is 1. The summed E-state index contributed by atoms with van der Waals surface area (Å²) < 4.78 is 33.1. The van der Waals surface area contributed by atoms with Gasteiger partial charge in [0.05, 0.1) is 26.4 Å². The molecule has 0 radical (unpaired) electrons. The standard InChI is InChI=1S/C34H41N3O14/c1-46-21-15-20(24(38)30(26(21)40)48-12-10-17-7-4-3-5-8-17)32(45)49-16-23-25(39)27(41)28(42)33(50-23)51-29-18(9-6-11-37-34(35)36)13-19(31(43)44)14-22(29)47-2/h3-5,7-8,13-15,23,25,27-28,33,38-42H,6,9-12,16H2,1-2H3,(H,43,44)(H4,35,36,37)/t23-,25-,27+,28-,33-/m1/s1. The number of carbonyl (C=O) groups excluding carboxylic acids is 1. The average molecular weight is 716 g/mol. The lowest BCUT2D eigenvalue weighted by molar-refractivity contribution is -0.277. The molecular formula is C34H41N3O14. The second kappa shape index (κ2) is 17.4. The van der Waals surface area contributed by atoms with Gasteiger partial charge in [0.15, 0.2) is 29.0 Å². The predicted molar refractivity (Wildman–Crippen MR) is 179 cm³/mol. The van der Waals surface area contributed by atoms with E-state index in [1.165, 1.54) is 26.4 Å². The SMILES string of the molecule is COc1cc(C(=O)OC[C@H]2O[C@H](Oc3c(CCCN=C(N)N)cc(C(=O)O)cc3OC)[C@H](O)[C@@H](O)[C@@H]2O)c(O)c(OCCc2ccccc2)c1O. The van der Waals surface area contributed by atoms with Crippen LogP contribution in [0.5, 0.6) is 34.5 Å². The third-order valence-electron chi connectivity index (χ3n) is 7.89. The van der Waals surface area contributed by atoms with Crippen molar-refractivity contribution in [3.05, 3.63) is 70.8 Å². The number of methoxy groups -OCH3 is 2. The largest absolute Gasteiger partial charge is 0.504 e. The maximum atomic E-state index is 13.2. The van der Waals surface area contributed by atoms with E-state index in [0.29, 0.717) is 18.4 Å². The van der Waals surface area contributed by atoms with Crippen molar-refractivity contribution in [2.45, 2.75) is 50.0 Å². The summed E-state index contributed by atoms with van der Waals surface area (Å²) in [5.41, 5.74) is 11.4. The molecule has 0 unspecified atom stereocenters. The smallest absolute Gasteiger partial charge is 0.342 e. The molecular weight excluding hydrogens is 674 g/mol. The number of aliphatic hydroxyl groups excluding tert-OH is 3. The second-order valence-electron chi connectivity index (χ2n) is 11.3. The number of carboxylic acids is 1. The Morgan fingerprint density at radius 3 is 2.24 bits per heavy atom. The van der Waals surface area contributed by atoms with E-state index in [4.69, 9.17) is 39.9 Å². The summed E-state index contributed by atoms with van der Waals surface area (Å²) in [6.07, 6.45) is -7.66. The van der Waals surface area contributed by atoms with E-state index in [0.717, 1.165) is 11.6 Å². The van der Waals surface area contributed by atoms with Gasteiger partial charge in [-0.2, -0.15) is 0 Å². The van der Waals surface area contributed by atoms with Crippen molar-refractivity contribution in [1.82, 2.24) is 0 Å². The molecule has 0 aliphatic carbocycles. The molecule has 1 aliphatic rings. The van der Waals surface area contributed by atoms with Crippen LogP contribution in [0.4, 0.5) is 0 Å². The number of nitrogens with two attached hydrogens (primary N) is 2. The molecule has 0 saturated carbocycles. The molecule has 5 atom stereocenters. The first-order valence-corrected chi connectivity index (χ1v) is 15.7. The van der Waals surface area contributed by atoms with Crippen molar-refractivity contribution in [2.24, 2.45) is 16.5 Å². The van der Waals surface area contributed by atoms with Gasteiger partial charge in [0, 0.05) is 19.0 Å². The van der Waals surface area contributed by atoms with Gasteiger partial charge in [0.25, 0.3) is 0 Å². The number of esters is 1. The minimum absolute atomic E-state index is 0.0261. The van der Waals surface area contributed by atoms with Gasteiger partial charge < -0.3 is 70.5 Å². The molecule has 0 amide bonds. The van der Waals surface area contributed by atoms with Crippen molar-refractivity contribution in [3.8, 4) is 34.5 Å². The minimum Gasteiger partial charge on any atom is -0.504 e. The maximum absolute atomic E-state index is 13.2. The van der Waals surface area contributed by atoms with Gasteiger partial charge in [0.1, 0.15) is 36.6 Å². The summed E-state index contributed by atoms with van der Waals surface area (Å²) >= 11 is 0. The molecule has 1 heterocycles. The van der Waals surface area contributed by atoms with E-state index >= 15 is 0 Å². The van der Waals surface area contributed by atoms with Crippen LogP contribution in [0.2, 0.25) is 0 Å². The molecule has 10 N–H and O–H groups in total. The minimum atomic E-state index is -1.85. The van der Waals surface area contributed by atoms with E-state index in [1.807, 2.05) is 30.3 Å². The van der Waals surface area contributed by atoms with Gasteiger partial charge in [-0.15, -0.1) is 0 Å². The Morgan fingerprint density at radius 1 is 0.882 bits per heavy atom. The number of aromatic carboxylic acids is 1. The van der Waals surface area contributed by atoms with Crippen LogP contribution < -0.4 is 30.4 Å². The van der Waals surface area contributed by atoms with Crippen molar-refractivity contribution in [1.29, 1.82) is 0 Å². The summed E-state index contributed by atoms with van der Waals surface area (Å²) in [6, 6.07) is 12.8. The van der Waals surface area contributed by atoms with Crippen LogP contribution in [-0.2, 0) is 22.3 Å². The first kappa shape index (κ1) is 38.3.